The first-order valence-electron chi connectivity index (χ1n) is 9.23. The van der Waals surface area contributed by atoms with E-state index in [0.29, 0.717) is 5.92 Å². The van der Waals surface area contributed by atoms with Gasteiger partial charge in [0.05, 0.1) is 19.1 Å². The number of amides is 1. The lowest BCUT2D eigenvalue weighted by molar-refractivity contribution is -0.122. The SMILES string of the molecule is CC(C)Cc1ccc(C(C)C(=O)NCCCN2CCOCC2)cc1.Cl. The molecule has 0 aliphatic carbocycles. The quantitative estimate of drug-likeness (QED) is 0.716. The van der Waals surface area contributed by atoms with Crippen LogP contribution in [0.15, 0.2) is 24.3 Å². The molecule has 5 heteroatoms. The summed E-state index contributed by atoms with van der Waals surface area (Å²) in [6.07, 6.45) is 2.08. The van der Waals surface area contributed by atoms with Gasteiger partial charge in [0.1, 0.15) is 0 Å². The number of morpholine rings is 1. The van der Waals surface area contributed by atoms with Gasteiger partial charge in [-0.25, -0.2) is 0 Å². The largest absolute Gasteiger partial charge is 0.379 e. The third-order valence-electron chi connectivity index (χ3n) is 4.57. The smallest absolute Gasteiger partial charge is 0.227 e. The summed E-state index contributed by atoms with van der Waals surface area (Å²) in [4.78, 5) is 14.7. The molecular weight excluding hydrogens is 336 g/mol. The second kappa shape index (κ2) is 11.5. The molecule has 1 unspecified atom stereocenters. The van der Waals surface area contributed by atoms with Gasteiger partial charge in [-0.05, 0) is 43.4 Å². The zero-order valence-electron chi connectivity index (χ0n) is 15.8. The van der Waals surface area contributed by atoms with Gasteiger partial charge in [0.15, 0.2) is 0 Å². The van der Waals surface area contributed by atoms with Gasteiger partial charge in [0, 0.05) is 19.6 Å². The Labute approximate surface area is 158 Å². The molecule has 1 atom stereocenters. The molecule has 0 radical (unpaired) electrons. The van der Waals surface area contributed by atoms with E-state index in [2.05, 4.69) is 48.3 Å². The van der Waals surface area contributed by atoms with Crippen LogP contribution in [0, 0.1) is 5.92 Å². The number of nitrogens with zero attached hydrogens (tertiary/aromatic N) is 1. The highest BCUT2D eigenvalue weighted by Crippen LogP contribution is 2.17. The Hall–Kier alpha value is -1.10. The van der Waals surface area contributed by atoms with Gasteiger partial charge in [-0.15, -0.1) is 12.4 Å². The van der Waals surface area contributed by atoms with Crippen LogP contribution in [0.3, 0.4) is 0 Å². The number of benzene rings is 1. The Balaban J connectivity index is 0.00000312. The molecule has 1 fully saturated rings. The molecule has 1 N–H and O–H groups in total. The van der Waals surface area contributed by atoms with Gasteiger partial charge in [0.2, 0.25) is 5.91 Å². The van der Waals surface area contributed by atoms with Crippen LogP contribution in [0.5, 0.6) is 0 Å². The molecule has 142 valence electrons. The van der Waals surface area contributed by atoms with E-state index in [4.69, 9.17) is 4.74 Å². The summed E-state index contributed by atoms with van der Waals surface area (Å²) in [6, 6.07) is 8.49. The highest BCUT2D eigenvalue weighted by molar-refractivity contribution is 5.85. The minimum atomic E-state index is -0.0958. The van der Waals surface area contributed by atoms with Crippen molar-refractivity contribution in [1.82, 2.24) is 10.2 Å². The van der Waals surface area contributed by atoms with E-state index < -0.39 is 0 Å². The highest BCUT2D eigenvalue weighted by Gasteiger charge is 2.15. The van der Waals surface area contributed by atoms with Crippen molar-refractivity contribution in [1.29, 1.82) is 0 Å². The van der Waals surface area contributed by atoms with Crippen molar-refractivity contribution in [2.45, 2.75) is 39.5 Å². The standard InChI is InChI=1S/C20H32N2O2.ClH/c1-16(2)15-18-5-7-19(8-6-18)17(3)20(23)21-9-4-10-22-11-13-24-14-12-22;/h5-8,16-17H,4,9-15H2,1-3H3,(H,21,23);1H. The monoisotopic (exact) mass is 368 g/mol. The maximum absolute atomic E-state index is 12.3. The normalized spacial score (nSPS) is 16.3. The molecule has 1 amide bonds. The van der Waals surface area contributed by atoms with Gasteiger partial charge in [0.25, 0.3) is 0 Å². The van der Waals surface area contributed by atoms with Gasteiger partial charge in [-0.2, -0.15) is 0 Å². The van der Waals surface area contributed by atoms with Crippen LogP contribution in [0.25, 0.3) is 0 Å². The summed E-state index contributed by atoms with van der Waals surface area (Å²) in [5.74, 6) is 0.679. The van der Waals surface area contributed by atoms with Crippen molar-refractivity contribution < 1.29 is 9.53 Å². The summed E-state index contributed by atoms with van der Waals surface area (Å²) in [6.45, 7) is 11.9. The fourth-order valence-electron chi connectivity index (χ4n) is 3.06. The summed E-state index contributed by atoms with van der Waals surface area (Å²) < 4.78 is 5.34. The van der Waals surface area contributed by atoms with E-state index in [9.17, 15) is 4.79 Å². The molecule has 1 aliphatic rings. The predicted octanol–water partition coefficient (Wildman–Crippen LogP) is 3.25. The van der Waals surface area contributed by atoms with Crippen molar-refractivity contribution in [2.24, 2.45) is 5.92 Å². The molecule has 0 aromatic heterocycles. The van der Waals surface area contributed by atoms with Crippen LogP contribution in [-0.4, -0.2) is 50.2 Å². The molecule has 1 aliphatic heterocycles. The number of ether oxygens (including phenoxy) is 1. The Bertz CT molecular complexity index is 499. The fourth-order valence-corrected chi connectivity index (χ4v) is 3.06. The summed E-state index contributed by atoms with van der Waals surface area (Å²) in [5.41, 5.74) is 2.43. The zero-order chi connectivity index (χ0) is 17.4. The lowest BCUT2D eigenvalue weighted by Crippen LogP contribution is -2.38. The van der Waals surface area contributed by atoms with E-state index in [1.54, 1.807) is 0 Å². The summed E-state index contributed by atoms with van der Waals surface area (Å²) >= 11 is 0. The third-order valence-corrected chi connectivity index (χ3v) is 4.57. The highest BCUT2D eigenvalue weighted by atomic mass is 35.5. The molecule has 0 bridgehead atoms. The topological polar surface area (TPSA) is 41.6 Å². The molecule has 1 aromatic rings. The van der Waals surface area contributed by atoms with Crippen LogP contribution in [0.1, 0.15) is 44.2 Å². The Morgan fingerprint density at radius 1 is 1.16 bits per heavy atom. The van der Waals surface area contributed by atoms with Crippen molar-refractivity contribution in [2.75, 3.05) is 39.4 Å². The zero-order valence-corrected chi connectivity index (χ0v) is 16.6. The molecule has 0 spiro atoms. The number of nitrogens with one attached hydrogen (secondary N) is 1. The van der Waals surface area contributed by atoms with Crippen LogP contribution in [-0.2, 0) is 16.0 Å². The van der Waals surface area contributed by atoms with Crippen LogP contribution in [0.2, 0.25) is 0 Å². The van der Waals surface area contributed by atoms with E-state index in [0.717, 1.165) is 57.8 Å². The van der Waals surface area contributed by atoms with Crippen molar-refractivity contribution in [3.8, 4) is 0 Å². The predicted molar refractivity (Wildman–Crippen MR) is 106 cm³/mol. The first-order valence-corrected chi connectivity index (χ1v) is 9.23. The molecule has 1 heterocycles. The lowest BCUT2D eigenvalue weighted by Gasteiger charge is -2.26. The van der Waals surface area contributed by atoms with Crippen LogP contribution < -0.4 is 5.32 Å². The number of rotatable bonds is 8. The second-order valence-electron chi connectivity index (χ2n) is 7.16. The Morgan fingerprint density at radius 3 is 2.40 bits per heavy atom. The molecule has 4 nitrogen and oxygen atoms in total. The number of hydrogen-bond acceptors (Lipinski definition) is 3. The summed E-state index contributed by atoms with van der Waals surface area (Å²) in [7, 11) is 0. The molecule has 25 heavy (non-hydrogen) atoms. The number of carbonyl (C=O) groups is 1. The molecular formula is C20H33ClN2O2. The molecule has 1 saturated heterocycles. The van der Waals surface area contributed by atoms with Gasteiger partial charge in [-0.1, -0.05) is 38.1 Å². The van der Waals surface area contributed by atoms with Gasteiger partial charge < -0.3 is 10.1 Å². The maximum Gasteiger partial charge on any atom is 0.227 e. The molecule has 2 rings (SSSR count). The molecule has 0 saturated carbocycles. The number of carbonyl (C=O) groups excluding carboxylic acids is 1. The lowest BCUT2D eigenvalue weighted by atomic mass is 9.96. The third kappa shape index (κ3) is 7.76. The van der Waals surface area contributed by atoms with Gasteiger partial charge >= 0.3 is 0 Å². The number of hydrogen-bond donors (Lipinski definition) is 1. The Kier molecular flexibility index (Phi) is 10.1. The maximum atomic E-state index is 12.3. The van der Waals surface area contributed by atoms with Crippen LogP contribution >= 0.6 is 12.4 Å². The average Bonchev–Trinajstić information content (AvgIpc) is 2.59. The summed E-state index contributed by atoms with van der Waals surface area (Å²) in [5, 5.41) is 3.07. The van der Waals surface area contributed by atoms with Crippen LogP contribution in [0.4, 0.5) is 0 Å². The van der Waals surface area contributed by atoms with Gasteiger partial charge in [-0.3, -0.25) is 9.69 Å². The average molecular weight is 369 g/mol. The van der Waals surface area contributed by atoms with E-state index in [1.807, 2.05) is 6.92 Å². The first kappa shape index (κ1) is 21.9. The first-order chi connectivity index (χ1) is 11.6. The van der Waals surface area contributed by atoms with Crippen molar-refractivity contribution in [3.63, 3.8) is 0 Å². The van der Waals surface area contributed by atoms with E-state index in [-0.39, 0.29) is 24.2 Å². The number of halogens is 1. The van der Waals surface area contributed by atoms with E-state index >= 15 is 0 Å². The molecule has 1 aromatic carbocycles. The fraction of sp³-hybridized carbons (Fsp3) is 0.650. The Morgan fingerprint density at radius 2 is 1.80 bits per heavy atom. The van der Waals surface area contributed by atoms with E-state index in [1.165, 1.54) is 5.56 Å². The van der Waals surface area contributed by atoms with Crippen molar-refractivity contribution in [3.05, 3.63) is 35.4 Å². The minimum Gasteiger partial charge on any atom is -0.379 e. The second-order valence-corrected chi connectivity index (χ2v) is 7.16. The van der Waals surface area contributed by atoms with Crippen molar-refractivity contribution >= 4 is 18.3 Å². The minimum absolute atomic E-state index is 0.